The van der Waals surface area contributed by atoms with Crippen LogP contribution in [0, 0.1) is 0 Å². The van der Waals surface area contributed by atoms with Gasteiger partial charge in [0, 0.05) is 56.7 Å². The molecule has 0 radical (unpaired) electrons. The summed E-state index contributed by atoms with van der Waals surface area (Å²) in [6.45, 7) is 6.22. The van der Waals surface area contributed by atoms with Crippen LogP contribution in [0.15, 0.2) is 54.9 Å². The molecule has 1 saturated heterocycles. The molecule has 5 heteroatoms. The van der Waals surface area contributed by atoms with Crippen LogP contribution < -0.4 is 0 Å². The van der Waals surface area contributed by atoms with Gasteiger partial charge in [-0.05, 0) is 29.8 Å². The summed E-state index contributed by atoms with van der Waals surface area (Å²) in [6.07, 6.45) is 4.18. The van der Waals surface area contributed by atoms with Crippen molar-refractivity contribution in [2.45, 2.75) is 13.1 Å². The molecule has 0 unspecified atom stereocenters. The molecule has 0 N–H and O–H groups in total. The Morgan fingerprint density at radius 3 is 2.46 bits per heavy atom. The van der Waals surface area contributed by atoms with Gasteiger partial charge in [0.25, 0.3) is 0 Å². The van der Waals surface area contributed by atoms with Gasteiger partial charge in [0.15, 0.2) is 0 Å². The Kier molecular flexibility index (Phi) is 4.52. The van der Waals surface area contributed by atoms with E-state index >= 15 is 0 Å². The maximum atomic E-state index is 6.07. The lowest BCUT2D eigenvalue weighted by Gasteiger charge is -2.34. The number of imidazole rings is 1. The van der Waals surface area contributed by atoms with Gasteiger partial charge in [-0.2, -0.15) is 0 Å². The molecule has 1 aliphatic rings. The Morgan fingerprint density at radius 2 is 1.71 bits per heavy atom. The van der Waals surface area contributed by atoms with Gasteiger partial charge in [-0.25, -0.2) is 4.98 Å². The number of fused-ring (bicyclic) bond motifs is 1. The lowest BCUT2D eigenvalue weighted by molar-refractivity contribution is 0.121. The third-order valence-corrected chi connectivity index (χ3v) is 4.79. The fourth-order valence-electron chi connectivity index (χ4n) is 3.29. The van der Waals surface area contributed by atoms with Crippen molar-refractivity contribution in [2.24, 2.45) is 0 Å². The van der Waals surface area contributed by atoms with Crippen LogP contribution in [0.25, 0.3) is 5.65 Å². The topological polar surface area (TPSA) is 23.8 Å². The number of benzene rings is 1. The van der Waals surface area contributed by atoms with Gasteiger partial charge in [0.2, 0.25) is 0 Å². The maximum absolute atomic E-state index is 6.07. The van der Waals surface area contributed by atoms with Crippen molar-refractivity contribution in [3.63, 3.8) is 0 Å². The van der Waals surface area contributed by atoms with E-state index in [9.17, 15) is 0 Å². The average Bonchev–Trinajstić information content (AvgIpc) is 2.99. The first-order chi connectivity index (χ1) is 11.8. The second kappa shape index (κ2) is 6.93. The average molecular weight is 341 g/mol. The van der Waals surface area contributed by atoms with Gasteiger partial charge >= 0.3 is 0 Å². The first-order valence-electron chi connectivity index (χ1n) is 8.38. The predicted octanol–water partition coefficient (Wildman–Crippen LogP) is 3.31. The molecule has 2 aromatic heterocycles. The number of hydrogen-bond acceptors (Lipinski definition) is 3. The third-order valence-electron chi connectivity index (χ3n) is 4.56. The molecule has 4 nitrogen and oxygen atoms in total. The van der Waals surface area contributed by atoms with E-state index in [1.807, 2.05) is 30.3 Å². The van der Waals surface area contributed by atoms with Crippen LogP contribution in [0.1, 0.15) is 11.3 Å². The Hall–Kier alpha value is -1.88. The molecule has 0 amide bonds. The van der Waals surface area contributed by atoms with Crippen LogP contribution in [-0.4, -0.2) is 45.4 Å². The largest absolute Gasteiger partial charge is 0.307 e. The second-order valence-electron chi connectivity index (χ2n) is 6.38. The molecular formula is C19H21ClN4. The SMILES string of the molecule is Clc1cccc(CN2CCN(Cc3cn4ccccc4n3)CC2)c1. The van der Waals surface area contributed by atoms with Gasteiger partial charge in [0.1, 0.15) is 5.65 Å². The quantitative estimate of drug-likeness (QED) is 0.728. The van der Waals surface area contributed by atoms with Crippen LogP contribution in [0.4, 0.5) is 0 Å². The number of nitrogens with zero attached hydrogens (tertiary/aromatic N) is 4. The van der Waals surface area contributed by atoms with Gasteiger partial charge < -0.3 is 4.40 Å². The van der Waals surface area contributed by atoms with E-state index < -0.39 is 0 Å². The number of piperazine rings is 1. The summed E-state index contributed by atoms with van der Waals surface area (Å²) >= 11 is 6.07. The summed E-state index contributed by atoms with van der Waals surface area (Å²) in [5.41, 5.74) is 3.45. The van der Waals surface area contributed by atoms with E-state index in [4.69, 9.17) is 16.6 Å². The van der Waals surface area contributed by atoms with Crippen molar-refractivity contribution in [1.29, 1.82) is 0 Å². The van der Waals surface area contributed by atoms with Crippen molar-refractivity contribution in [3.05, 3.63) is 71.1 Å². The molecule has 0 spiro atoms. The van der Waals surface area contributed by atoms with Gasteiger partial charge in [-0.15, -0.1) is 0 Å². The van der Waals surface area contributed by atoms with Crippen LogP contribution >= 0.6 is 11.6 Å². The highest BCUT2D eigenvalue weighted by Gasteiger charge is 2.18. The molecule has 3 aromatic rings. The molecule has 1 aliphatic heterocycles. The lowest BCUT2D eigenvalue weighted by Crippen LogP contribution is -2.45. The Bertz CT molecular complexity index is 788. The fraction of sp³-hybridized carbons (Fsp3) is 0.316. The summed E-state index contributed by atoms with van der Waals surface area (Å²) in [7, 11) is 0. The Morgan fingerprint density at radius 1 is 0.917 bits per heavy atom. The third kappa shape index (κ3) is 3.61. The van der Waals surface area contributed by atoms with E-state index in [0.717, 1.165) is 55.6 Å². The summed E-state index contributed by atoms with van der Waals surface area (Å²) in [5.74, 6) is 0. The van der Waals surface area contributed by atoms with E-state index in [0.29, 0.717) is 0 Å². The summed E-state index contributed by atoms with van der Waals surface area (Å²) in [5, 5.41) is 0.818. The van der Waals surface area contributed by atoms with Crippen LogP contribution in [0.2, 0.25) is 5.02 Å². The lowest BCUT2D eigenvalue weighted by atomic mass is 10.2. The van der Waals surface area contributed by atoms with E-state index in [-0.39, 0.29) is 0 Å². The molecule has 0 saturated carbocycles. The zero-order valence-electron chi connectivity index (χ0n) is 13.6. The highest BCUT2D eigenvalue weighted by Crippen LogP contribution is 2.15. The zero-order valence-corrected chi connectivity index (χ0v) is 14.4. The molecule has 0 bridgehead atoms. The summed E-state index contributed by atoms with van der Waals surface area (Å²) < 4.78 is 2.09. The standard InChI is InChI=1S/C19H21ClN4/c20-17-5-3-4-16(12-17)13-22-8-10-23(11-9-22)14-18-15-24-7-2-1-6-19(24)21-18/h1-7,12,15H,8-11,13-14H2. The van der Waals surface area contributed by atoms with Crippen molar-refractivity contribution in [1.82, 2.24) is 19.2 Å². The first kappa shape index (κ1) is 15.6. The van der Waals surface area contributed by atoms with Crippen LogP contribution in [0.3, 0.4) is 0 Å². The molecular weight excluding hydrogens is 320 g/mol. The smallest absolute Gasteiger partial charge is 0.137 e. The van der Waals surface area contributed by atoms with E-state index in [2.05, 4.69) is 38.7 Å². The molecule has 3 heterocycles. The number of halogens is 1. The number of hydrogen-bond donors (Lipinski definition) is 0. The minimum atomic E-state index is 0.818. The van der Waals surface area contributed by atoms with Crippen LogP contribution in [-0.2, 0) is 13.1 Å². The van der Waals surface area contributed by atoms with Gasteiger partial charge in [0.05, 0.1) is 5.69 Å². The number of pyridine rings is 1. The molecule has 0 atom stereocenters. The minimum Gasteiger partial charge on any atom is -0.307 e. The monoisotopic (exact) mass is 340 g/mol. The van der Waals surface area contributed by atoms with Crippen molar-refractivity contribution in [2.75, 3.05) is 26.2 Å². The molecule has 1 fully saturated rings. The molecule has 124 valence electrons. The van der Waals surface area contributed by atoms with Crippen LogP contribution in [0.5, 0.6) is 0 Å². The zero-order chi connectivity index (χ0) is 16.4. The van der Waals surface area contributed by atoms with Crippen molar-refractivity contribution >= 4 is 17.2 Å². The van der Waals surface area contributed by atoms with Crippen molar-refractivity contribution in [3.8, 4) is 0 Å². The Labute approximate surface area is 147 Å². The normalized spacial score (nSPS) is 16.7. The summed E-state index contributed by atoms with van der Waals surface area (Å²) in [4.78, 5) is 9.67. The molecule has 0 aliphatic carbocycles. The summed E-state index contributed by atoms with van der Waals surface area (Å²) in [6, 6.07) is 14.3. The Balaban J connectivity index is 1.32. The maximum Gasteiger partial charge on any atom is 0.137 e. The van der Waals surface area contributed by atoms with Gasteiger partial charge in [-0.1, -0.05) is 29.8 Å². The molecule has 4 rings (SSSR count). The number of aromatic nitrogens is 2. The predicted molar refractivity (Wildman–Crippen MR) is 97.2 cm³/mol. The van der Waals surface area contributed by atoms with Gasteiger partial charge in [-0.3, -0.25) is 9.80 Å². The van der Waals surface area contributed by atoms with Crippen molar-refractivity contribution < 1.29 is 0 Å². The highest BCUT2D eigenvalue weighted by molar-refractivity contribution is 6.30. The number of rotatable bonds is 4. The van der Waals surface area contributed by atoms with E-state index in [1.165, 1.54) is 5.56 Å². The first-order valence-corrected chi connectivity index (χ1v) is 8.76. The fourth-order valence-corrected chi connectivity index (χ4v) is 3.50. The highest BCUT2D eigenvalue weighted by atomic mass is 35.5. The molecule has 1 aromatic carbocycles. The second-order valence-corrected chi connectivity index (χ2v) is 6.82. The minimum absolute atomic E-state index is 0.818. The molecule has 24 heavy (non-hydrogen) atoms. The van der Waals surface area contributed by atoms with E-state index in [1.54, 1.807) is 0 Å².